The number of aromatic amines is 1. The molecule has 2 aromatic heterocycles. The number of hydrogen-bond donors (Lipinski definition) is 2. The van der Waals surface area contributed by atoms with Gasteiger partial charge in [-0.25, -0.2) is 0 Å². The van der Waals surface area contributed by atoms with Gasteiger partial charge in [0.05, 0.1) is 18.0 Å². The van der Waals surface area contributed by atoms with Crippen molar-refractivity contribution in [2.75, 3.05) is 5.32 Å². The SMILES string of the molecule is Cn1cc(Oc2ccccc2C(=O)Nc2ccc[nH]c2=O)cn1. The Hall–Kier alpha value is -3.35. The summed E-state index contributed by atoms with van der Waals surface area (Å²) in [5, 5.41) is 6.59. The zero-order valence-electron chi connectivity index (χ0n) is 12.3. The third kappa shape index (κ3) is 3.29. The normalized spacial score (nSPS) is 10.3. The fourth-order valence-corrected chi connectivity index (χ4v) is 2.03. The van der Waals surface area contributed by atoms with Crippen LogP contribution in [-0.2, 0) is 7.05 Å². The van der Waals surface area contributed by atoms with Crippen LogP contribution >= 0.6 is 0 Å². The quantitative estimate of drug-likeness (QED) is 0.772. The highest BCUT2D eigenvalue weighted by Crippen LogP contribution is 2.25. The topological polar surface area (TPSA) is 89.0 Å². The molecule has 0 spiro atoms. The average molecular weight is 310 g/mol. The lowest BCUT2D eigenvalue weighted by atomic mass is 10.2. The molecule has 0 saturated heterocycles. The van der Waals surface area contributed by atoms with Crippen molar-refractivity contribution in [3.05, 3.63) is 70.9 Å². The first-order chi connectivity index (χ1) is 11.1. The number of ether oxygens (including phenoxy) is 1. The maximum absolute atomic E-state index is 12.4. The molecular weight excluding hydrogens is 296 g/mol. The van der Waals surface area contributed by atoms with Gasteiger partial charge in [-0.3, -0.25) is 14.3 Å². The molecule has 0 aliphatic rings. The molecular formula is C16H14N4O3. The number of pyridine rings is 1. The summed E-state index contributed by atoms with van der Waals surface area (Å²) in [4.78, 5) is 26.6. The largest absolute Gasteiger partial charge is 0.453 e. The van der Waals surface area contributed by atoms with Crippen LogP contribution in [0.15, 0.2) is 59.8 Å². The van der Waals surface area contributed by atoms with Crippen LogP contribution in [0.25, 0.3) is 0 Å². The molecule has 0 unspecified atom stereocenters. The van der Waals surface area contributed by atoms with E-state index in [9.17, 15) is 9.59 Å². The van der Waals surface area contributed by atoms with E-state index in [1.807, 2.05) is 0 Å². The highest BCUT2D eigenvalue weighted by molar-refractivity contribution is 6.06. The van der Waals surface area contributed by atoms with E-state index in [1.54, 1.807) is 54.5 Å². The van der Waals surface area contributed by atoms with Crippen molar-refractivity contribution in [3.8, 4) is 11.5 Å². The number of carbonyl (C=O) groups is 1. The number of nitrogens with one attached hydrogen (secondary N) is 2. The van der Waals surface area contributed by atoms with E-state index in [0.29, 0.717) is 17.1 Å². The summed E-state index contributed by atoms with van der Waals surface area (Å²) in [5.74, 6) is 0.469. The number of nitrogens with zero attached hydrogens (tertiary/aromatic N) is 2. The Balaban J connectivity index is 1.86. The molecule has 2 N–H and O–H groups in total. The Bertz CT molecular complexity index is 898. The summed E-state index contributed by atoms with van der Waals surface area (Å²) in [6.07, 6.45) is 4.74. The lowest BCUT2D eigenvalue weighted by Gasteiger charge is -2.09. The minimum absolute atomic E-state index is 0.175. The van der Waals surface area contributed by atoms with Crippen molar-refractivity contribution in [1.29, 1.82) is 0 Å². The Morgan fingerprint density at radius 2 is 2.09 bits per heavy atom. The molecule has 2 heterocycles. The fraction of sp³-hybridized carbons (Fsp3) is 0.0625. The average Bonchev–Trinajstić information content (AvgIpc) is 2.95. The Morgan fingerprint density at radius 3 is 2.83 bits per heavy atom. The van der Waals surface area contributed by atoms with Crippen LogP contribution in [-0.4, -0.2) is 20.7 Å². The molecule has 0 radical (unpaired) electrons. The van der Waals surface area contributed by atoms with Crippen LogP contribution in [0.3, 0.4) is 0 Å². The number of carbonyl (C=O) groups excluding carboxylic acids is 1. The molecule has 1 amide bonds. The minimum atomic E-state index is -0.429. The number of aryl methyl sites for hydroxylation is 1. The fourth-order valence-electron chi connectivity index (χ4n) is 2.03. The second kappa shape index (κ2) is 6.18. The number of anilines is 1. The number of benzene rings is 1. The molecule has 0 aliphatic carbocycles. The van der Waals surface area contributed by atoms with Crippen LogP contribution in [0, 0.1) is 0 Å². The highest BCUT2D eigenvalue weighted by Gasteiger charge is 2.14. The van der Waals surface area contributed by atoms with Crippen molar-refractivity contribution in [2.45, 2.75) is 0 Å². The van der Waals surface area contributed by atoms with Crippen LogP contribution in [0.2, 0.25) is 0 Å². The molecule has 0 atom stereocenters. The molecule has 7 heteroatoms. The summed E-state index contributed by atoms with van der Waals surface area (Å²) >= 11 is 0. The van der Waals surface area contributed by atoms with E-state index < -0.39 is 5.91 Å². The number of hydrogen-bond acceptors (Lipinski definition) is 4. The molecule has 3 aromatic rings. The lowest BCUT2D eigenvalue weighted by molar-refractivity contribution is 0.102. The third-order valence-corrected chi connectivity index (χ3v) is 3.11. The van der Waals surface area contributed by atoms with E-state index in [1.165, 1.54) is 12.3 Å². The van der Waals surface area contributed by atoms with Gasteiger partial charge in [0.1, 0.15) is 11.4 Å². The van der Waals surface area contributed by atoms with Crippen LogP contribution in [0.1, 0.15) is 10.4 Å². The molecule has 0 saturated carbocycles. The predicted molar refractivity (Wildman–Crippen MR) is 84.7 cm³/mol. The Kier molecular flexibility index (Phi) is 3.92. The van der Waals surface area contributed by atoms with Gasteiger partial charge in [0.15, 0.2) is 5.75 Å². The lowest BCUT2D eigenvalue weighted by Crippen LogP contribution is -2.19. The van der Waals surface area contributed by atoms with Crippen LogP contribution < -0.4 is 15.6 Å². The van der Waals surface area contributed by atoms with Crippen molar-refractivity contribution in [1.82, 2.24) is 14.8 Å². The molecule has 0 fully saturated rings. The van der Waals surface area contributed by atoms with Crippen LogP contribution in [0.4, 0.5) is 5.69 Å². The monoisotopic (exact) mass is 310 g/mol. The van der Waals surface area contributed by atoms with Gasteiger partial charge in [-0.15, -0.1) is 0 Å². The molecule has 116 valence electrons. The molecule has 7 nitrogen and oxygen atoms in total. The summed E-state index contributed by atoms with van der Waals surface area (Å²) in [5.41, 5.74) is 0.125. The van der Waals surface area contributed by atoms with Gasteiger partial charge >= 0.3 is 0 Å². The number of aromatic nitrogens is 3. The van der Waals surface area contributed by atoms with Gasteiger partial charge in [-0.05, 0) is 24.3 Å². The summed E-state index contributed by atoms with van der Waals surface area (Å²) in [7, 11) is 1.77. The first-order valence-corrected chi connectivity index (χ1v) is 6.88. The van der Waals surface area contributed by atoms with Crippen molar-refractivity contribution in [2.24, 2.45) is 7.05 Å². The summed E-state index contributed by atoms with van der Waals surface area (Å²) in [6.45, 7) is 0. The molecule has 23 heavy (non-hydrogen) atoms. The highest BCUT2D eigenvalue weighted by atomic mass is 16.5. The van der Waals surface area contributed by atoms with Gasteiger partial charge in [-0.2, -0.15) is 5.10 Å². The van der Waals surface area contributed by atoms with E-state index >= 15 is 0 Å². The minimum Gasteiger partial charge on any atom is -0.453 e. The first kappa shape index (κ1) is 14.6. The molecule has 3 rings (SSSR count). The van der Waals surface area contributed by atoms with Crippen LogP contribution in [0.5, 0.6) is 11.5 Å². The predicted octanol–water partition coefficient (Wildman–Crippen LogP) is 2.15. The van der Waals surface area contributed by atoms with E-state index in [4.69, 9.17) is 4.74 Å². The van der Waals surface area contributed by atoms with Crippen molar-refractivity contribution in [3.63, 3.8) is 0 Å². The number of amides is 1. The zero-order valence-corrected chi connectivity index (χ0v) is 12.3. The van der Waals surface area contributed by atoms with E-state index in [0.717, 1.165) is 0 Å². The maximum Gasteiger partial charge on any atom is 0.271 e. The second-order valence-corrected chi connectivity index (χ2v) is 4.81. The maximum atomic E-state index is 12.4. The standard InChI is InChI=1S/C16H14N4O3/c1-20-10-11(9-18-20)23-14-7-3-2-5-12(14)15(21)19-13-6-4-8-17-16(13)22/h2-10H,1H3,(H,17,22)(H,19,21). The second-order valence-electron chi connectivity index (χ2n) is 4.81. The van der Waals surface area contributed by atoms with Gasteiger partial charge in [0, 0.05) is 13.2 Å². The van der Waals surface area contributed by atoms with E-state index in [-0.39, 0.29) is 11.2 Å². The number of rotatable bonds is 4. The third-order valence-electron chi connectivity index (χ3n) is 3.11. The summed E-state index contributed by atoms with van der Waals surface area (Å²) < 4.78 is 7.29. The number of para-hydroxylation sites is 1. The van der Waals surface area contributed by atoms with Gasteiger partial charge in [0.25, 0.3) is 11.5 Å². The molecule has 0 bridgehead atoms. The molecule has 0 aliphatic heterocycles. The smallest absolute Gasteiger partial charge is 0.271 e. The van der Waals surface area contributed by atoms with Crippen molar-refractivity contribution >= 4 is 11.6 Å². The number of H-pyrrole nitrogens is 1. The summed E-state index contributed by atoms with van der Waals surface area (Å²) in [6, 6.07) is 9.95. The van der Waals surface area contributed by atoms with Crippen molar-refractivity contribution < 1.29 is 9.53 Å². The van der Waals surface area contributed by atoms with Gasteiger partial charge in [-0.1, -0.05) is 12.1 Å². The Morgan fingerprint density at radius 1 is 1.26 bits per heavy atom. The van der Waals surface area contributed by atoms with Gasteiger partial charge in [0.2, 0.25) is 0 Å². The first-order valence-electron chi connectivity index (χ1n) is 6.88. The Labute approximate surface area is 131 Å². The van der Waals surface area contributed by atoms with Gasteiger partial charge < -0.3 is 15.0 Å². The molecule has 1 aromatic carbocycles. The zero-order chi connectivity index (χ0) is 16.2. The van der Waals surface area contributed by atoms with E-state index in [2.05, 4.69) is 15.4 Å².